The Labute approximate surface area is 179 Å². The summed E-state index contributed by atoms with van der Waals surface area (Å²) < 4.78 is 12.7. The van der Waals surface area contributed by atoms with Crippen LogP contribution in [0.5, 0.6) is 11.5 Å². The summed E-state index contributed by atoms with van der Waals surface area (Å²) >= 11 is 0. The third kappa shape index (κ3) is 4.32. The second-order valence-electron chi connectivity index (χ2n) is 6.56. The second-order valence-corrected chi connectivity index (χ2v) is 6.56. The lowest BCUT2D eigenvalue weighted by molar-refractivity contribution is 0.0951. The molecule has 0 unspecified atom stereocenters. The van der Waals surface area contributed by atoms with E-state index in [4.69, 9.17) is 14.6 Å². The summed E-state index contributed by atoms with van der Waals surface area (Å²) in [5, 5.41) is 8.87. The van der Waals surface area contributed by atoms with Crippen molar-refractivity contribution in [2.45, 2.75) is 0 Å². The van der Waals surface area contributed by atoms with Crippen LogP contribution in [0, 0.1) is 0 Å². The lowest BCUT2D eigenvalue weighted by Gasteiger charge is -2.09. The molecule has 0 saturated carbocycles. The van der Waals surface area contributed by atoms with Crippen LogP contribution in [0.15, 0.2) is 78.2 Å². The number of aromatic amines is 1. The highest BCUT2D eigenvalue weighted by molar-refractivity contribution is 5.94. The Morgan fingerprint density at radius 2 is 1.94 bits per heavy atom. The van der Waals surface area contributed by atoms with Gasteiger partial charge in [-0.15, -0.1) is 0 Å². The number of benzene rings is 2. The summed E-state index contributed by atoms with van der Waals surface area (Å²) in [4.78, 5) is 15.0. The van der Waals surface area contributed by atoms with Crippen molar-refractivity contribution < 1.29 is 14.3 Å². The van der Waals surface area contributed by atoms with Gasteiger partial charge in [0.1, 0.15) is 22.9 Å². The van der Waals surface area contributed by atoms with Crippen LogP contribution >= 0.6 is 0 Å². The Kier molecular flexibility index (Phi) is 5.79. The Balaban J connectivity index is 1.74. The van der Waals surface area contributed by atoms with Gasteiger partial charge in [-0.1, -0.05) is 18.2 Å². The van der Waals surface area contributed by atoms with Crippen LogP contribution in [0.4, 0.5) is 0 Å². The van der Waals surface area contributed by atoms with E-state index in [1.54, 1.807) is 43.4 Å². The monoisotopic (exact) mass is 415 g/mol. The number of carbonyl (C=O) groups is 1. The van der Waals surface area contributed by atoms with Gasteiger partial charge in [0.25, 0.3) is 5.91 Å². The van der Waals surface area contributed by atoms with E-state index in [1.165, 1.54) is 0 Å². The lowest BCUT2D eigenvalue weighted by Crippen LogP contribution is -2.17. The van der Waals surface area contributed by atoms with Crippen LogP contribution in [-0.4, -0.2) is 41.1 Å². The van der Waals surface area contributed by atoms with Crippen LogP contribution < -0.4 is 14.9 Å². The number of carbonyl (C=O) groups excluding carboxylic acids is 1. The number of para-hydroxylation sites is 1. The van der Waals surface area contributed by atoms with Crippen LogP contribution in [0.1, 0.15) is 16.1 Å². The molecule has 2 N–H and O–H groups in total. The summed E-state index contributed by atoms with van der Waals surface area (Å²) in [6.07, 6.45) is 5.07. The number of hydrogen-bond acceptors (Lipinski definition) is 5. The Morgan fingerprint density at radius 3 is 2.65 bits per heavy atom. The van der Waals surface area contributed by atoms with E-state index in [1.807, 2.05) is 54.7 Å². The fourth-order valence-corrected chi connectivity index (χ4v) is 3.10. The minimum Gasteiger partial charge on any atom is -0.497 e. The number of H-pyrrole nitrogens is 1. The third-order valence-corrected chi connectivity index (χ3v) is 4.64. The largest absolute Gasteiger partial charge is 0.497 e. The summed E-state index contributed by atoms with van der Waals surface area (Å²) in [7, 11) is 3.20. The van der Waals surface area contributed by atoms with Gasteiger partial charge in [0, 0.05) is 23.5 Å². The topological polar surface area (TPSA) is 93.5 Å². The molecule has 8 heteroatoms. The van der Waals surface area contributed by atoms with Gasteiger partial charge in [-0.3, -0.25) is 4.79 Å². The quantitative estimate of drug-likeness (QED) is 0.356. The Bertz CT molecular complexity index is 1200. The molecule has 4 aromatic rings. The number of methoxy groups -OCH3 is 2. The molecular weight excluding hydrogens is 394 g/mol. The van der Waals surface area contributed by atoms with Crippen molar-refractivity contribution in [3.63, 3.8) is 0 Å². The normalized spacial score (nSPS) is 10.9. The summed E-state index contributed by atoms with van der Waals surface area (Å²) in [6.45, 7) is 0. The second kappa shape index (κ2) is 9.00. The molecule has 0 aliphatic heterocycles. The molecule has 0 saturated heterocycles. The molecule has 8 nitrogen and oxygen atoms in total. The molecule has 0 spiro atoms. The molecule has 2 aromatic heterocycles. The summed E-state index contributed by atoms with van der Waals surface area (Å²) in [5.41, 5.74) is 5.91. The van der Waals surface area contributed by atoms with Gasteiger partial charge in [-0.25, -0.2) is 10.1 Å². The Hall–Kier alpha value is -4.33. The summed E-state index contributed by atoms with van der Waals surface area (Å²) in [5.74, 6) is 0.981. The zero-order valence-corrected chi connectivity index (χ0v) is 17.1. The fourth-order valence-electron chi connectivity index (χ4n) is 3.10. The molecule has 0 aliphatic carbocycles. The molecule has 0 fully saturated rings. The minimum absolute atomic E-state index is 0.336. The van der Waals surface area contributed by atoms with E-state index < -0.39 is 0 Å². The number of nitrogens with zero attached hydrogens (tertiary/aromatic N) is 3. The predicted molar refractivity (Wildman–Crippen MR) is 118 cm³/mol. The highest BCUT2D eigenvalue weighted by atomic mass is 16.5. The molecule has 4 rings (SSSR count). The molecule has 156 valence electrons. The smallest absolute Gasteiger partial charge is 0.287 e. The number of amides is 1. The zero-order chi connectivity index (χ0) is 21.6. The number of aromatic nitrogens is 3. The molecule has 0 bridgehead atoms. The zero-order valence-electron chi connectivity index (χ0n) is 17.1. The van der Waals surface area contributed by atoms with Gasteiger partial charge < -0.3 is 14.5 Å². The van der Waals surface area contributed by atoms with Gasteiger partial charge in [0.15, 0.2) is 0 Å². The SMILES string of the molecule is COc1ccc(OC)c(-c2nn(-c3ccccc3)cc2/C=N\NC(=O)c2ccc[nH]2)c1. The van der Waals surface area contributed by atoms with Crippen LogP contribution in [0.3, 0.4) is 0 Å². The van der Waals surface area contributed by atoms with Gasteiger partial charge in [0.2, 0.25) is 0 Å². The van der Waals surface area contributed by atoms with Crippen molar-refractivity contribution in [1.82, 2.24) is 20.2 Å². The van der Waals surface area contributed by atoms with Crippen molar-refractivity contribution in [2.24, 2.45) is 5.10 Å². The van der Waals surface area contributed by atoms with Crippen molar-refractivity contribution in [1.29, 1.82) is 0 Å². The van der Waals surface area contributed by atoms with Gasteiger partial charge in [-0.2, -0.15) is 10.2 Å². The van der Waals surface area contributed by atoms with Crippen molar-refractivity contribution >= 4 is 12.1 Å². The first-order valence-corrected chi connectivity index (χ1v) is 9.54. The third-order valence-electron chi connectivity index (χ3n) is 4.64. The van der Waals surface area contributed by atoms with E-state index in [2.05, 4.69) is 15.5 Å². The number of ether oxygens (including phenoxy) is 2. The highest BCUT2D eigenvalue weighted by Crippen LogP contribution is 2.34. The van der Waals surface area contributed by atoms with E-state index in [9.17, 15) is 4.79 Å². The number of nitrogens with one attached hydrogen (secondary N) is 2. The maximum Gasteiger partial charge on any atom is 0.287 e. The van der Waals surface area contributed by atoms with Crippen LogP contribution in [0.2, 0.25) is 0 Å². The molecule has 2 aromatic carbocycles. The van der Waals surface area contributed by atoms with E-state index in [0.717, 1.165) is 11.3 Å². The van der Waals surface area contributed by atoms with E-state index in [-0.39, 0.29) is 5.91 Å². The van der Waals surface area contributed by atoms with E-state index >= 15 is 0 Å². The molecule has 31 heavy (non-hydrogen) atoms. The molecule has 1 amide bonds. The number of hydrazone groups is 1. The molecule has 0 aliphatic rings. The molecular formula is C23H21N5O3. The van der Waals surface area contributed by atoms with Gasteiger partial charge in [0.05, 0.1) is 26.1 Å². The van der Waals surface area contributed by atoms with E-state index in [0.29, 0.717) is 28.5 Å². The van der Waals surface area contributed by atoms with Crippen molar-refractivity contribution in [3.8, 4) is 28.4 Å². The van der Waals surface area contributed by atoms with Gasteiger partial charge in [-0.05, 0) is 42.5 Å². The minimum atomic E-state index is -0.336. The molecule has 0 radical (unpaired) electrons. The number of hydrogen-bond donors (Lipinski definition) is 2. The van der Waals surface area contributed by atoms with Crippen molar-refractivity contribution in [2.75, 3.05) is 14.2 Å². The first-order chi connectivity index (χ1) is 15.2. The molecule has 2 heterocycles. The first kappa shape index (κ1) is 20.0. The van der Waals surface area contributed by atoms with Crippen LogP contribution in [0.25, 0.3) is 16.9 Å². The van der Waals surface area contributed by atoms with Crippen LogP contribution in [-0.2, 0) is 0 Å². The number of rotatable bonds is 7. The van der Waals surface area contributed by atoms with Gasteiger partial charge >= 0.3 is 0 Å². The maximum absolute atomic E-state index is 12.1. The predicted octanol–water partition coefficient (Wildman–Crippen LogP) is 3.65. The molecule has 0 atom stereocenters. The highest BCUT2D eigenvalue weighted by Gasteiger charge is 2.16. The fraction of sp³-hybridized carbons (Fsp3) is 0.0870. The Morgan fingerprint density at radius 1 is 1.10 bits per heavy atom. The standard InChI is InChI=1S/C23H21N5O3/c1-30-18-10-11-21(31-2)19(13-18)22-16(14-25-26-23(29)20-9-6-12-24-20)15-28(27-22)17-7-4-3-5-8-17/h3-15,24H,1-2H3,(H,26,29)/b25-14-. The first-order valence-electron chi connectivity index (χ1n) is 9.54. The average Bonchev–Trinajstić information content (AvgIpc) is 3.50. The average molecular weight is 415 g/mol. The maximum atomic E-state index is 12.1. The summed E-state index contributed by atoms with van der Waals surface area (Å²) in [6, 6.07) is 18.6. The van der Waals surface area contributed by atoms with Crippen molar-refractivity contribution in [3.05, 3.63) is 84.3 Å². The lowest BCUT2D eigenvalue weighted by atomic mass is 10.1.